The zero-order valence-electron chi connectivity index (χ0n) is 13.2. The summed E-state index contributed by atoms with van der Waals surface area (Å²) in [6.07, 6.45) is 3.58. The van der Waals surface area contributed by atoms with E-state index in [0.717, 1.165) is 12.8 Å². The zero-order valence-corrected chi connectivity index (χ0v) is 14.7. The number of hydrogen-bond acceptors (Lipinski definition) is 4. The van der Waals surface area contributed by atoms with Crippen molar-refractivity contribution < 1.29 is 19.1 Å². The number of aromatic nitrogens is 1. The minimum absolute atomic E-state index is 0.0434. The van der Waals surface area contributed by atoms with Crippen LogP contribution in [-0.2, 0) is 16.0 Å². The lowest BCUT2D eigenvalue weighted by molar-refractivity contribution is -0.142. The van der Waals surface area contributed by atoms with Gasteiger partial charge < -0.3 is 14.8 Å². The van der Waals surface area contributed by atoms with Gasteiger partial charge in [-0.15, -0.1) is 0 Å². The van der Waals surface area contributed by atoms with Crippen LogP contribution >= 0.6 is 23.2 Å². The summed E-state index contributed by atoms with van der Waals surface area (Å²) in [6, 6.07) is 4.23. The zero-order chi connectivity index (χ0) is 18.0. The van der Waals surface area contributed by atoms with Crippen LogP contribution in [0.1, 0.15) is 25.2 Å². The maximum atomic E-state index is 12.0. The Balaban J connectivity index is 1.58. The molecule has 25 heavy (non-hydrogen) atoms. The number of aliphatic carboxylic acids is 1. The van der Waals surface area contributed by atoms with Crippen molar-refractivity contribution in [1.29, 1.82) is 0 Å². The first kappa shape index (κ1) is 17.8. The van der Waals surface area contributed by atoms with Crippen LogP contribution < -0.4 is 5.32 Å². The standard InChI is InChI=1S/C17H16Cl2N2O4/c18-10-3-4-11(12(19)7-10)13-8-20-15(25-13)6-5-14(22)21-16(17(23)24)9-1-2-9/h3-4,7-9,16H,1-2,5-6H2,(H,21,22)(H,23,24). The molecule has 1 fully saturated rings. The van der Waals surface area contributed by atoms with E-state index in [4.69, 9.17) is 32.7 Å². The summed E-state index contributed by atoms with van der Waals surface area (Å²) < 4.78 is 5.62. The van der Waals surface area contributed by atoms with Gasteiger partial charge in [-0.05, 0) is 37.0 Å². The molecule has 2 N–H and O–H groups in total. The monoisotopic (exact) mass is 382 g/mol. The quantitative estimate of drug-likeness (QED) is 0.763. The van der Waals surface area contributed by atoms with Crippen molar-refractivity contribution in [3.63, 3.8) is 0 Å². The topological polar surface area (TPSA) is 92.4 Å². The minimum Gasteiger partial charge on any atom is -0.480 e. The van der Waals surface area contributed by atoms with Crippen molar-refractivity contribution in [3.05, 3.63) is 40.3 Å². The van der Waals surface area contributed by atoms with Gasteiger partial charge in [-0.1, -0.05) is 23.2 Å². The Kier molecular flexibility index (Phi) is 5.30. The molecule has 132 valence electrons. The Morgan fingerprint density at radius 1 is 1.36 bits per heavy atom. The Hall–Kier alpha value is -2.05. The van der Waals surface area contributed by atoms with E-state index >= 15 is 0 Å². The first-order valence-electron chi connectivity index (χ1n) is 7.86. The normalized spacial score (nSPS) is 15.0. The molecule has 2 aromatic rings. The molecule has 0 saturated heterocycles. The number of hydrogen-bond donors (Lipinski definition) is 2. The summed E-state index contributed by atoms with van der Waals surface area (Å²) in [5.74, 6) is -0.412. The second-order valence-electron chi connectivity index (χ2n) is 5.96. The number of carboxylic acids is 1. The molecule has 1 aromatic carbocycles. The third-order valence-electron chi connectivity index (χ3n) is 3.99. The molecule has 0 spiro atoms. The van der Waals surface area contributed by atoms with Crippen molar-refractivity contribution >= 4 is 35.1 Å². The summed E-state index contributed by atoms with van der Waals surface area (Å²) in [4.78, 5) is 27.2. The second kappa shape index (κ2) is 7.45. The number of amides is 1. The molecule has 1 atom stereocenters. The fraction of sp³-hybridized carbons (Fsp3) is 0.353. The molecule has 0 aliphatic heterocycles. The molecule has 1 amide bonds. The van der Waals surface area contributed by atoms with Gasteiger partial charge in [-0.25, -0.2) is 9.78 Å². The van der Waals surface area contributed by atoms with E-state index < -0.39 is 12.0 Å². The highest BCUT2D eigenvalue weighted by molar-refractivity contribution is 6.36. The molecule has 1 aliphatic rings. The SMILES string of the molecule is O=C(CCc1ncc(-c2ccc(Cl)cc2Cl)o1)NC(C(=O)O)C1CC1. The predicted octanol–water partition coefficient (Wildman–Crippen LogP) is 3.56. The molecular formula is C17H16Cl2N2O4. The highest BCUT2D eigenvalue weighted by Gasteiger charge is 2.37. The third-order valence-corrected chi connectivity index (χ3v) is 4.54. The van der Waals surface area contributed by atoms with E-state index in [1.54, 1.807) is 18.2 Å². The van der Waals surface area contributed by atoms with Crippen molar-refractivity contribution in [3.8, 4) is 11.3 Å². The van der Waals surface area contributed by atoms with Gasteiger partial charge in [0.2, 0.25) is 5.91 Å². The summed E-state index contributed by atoms with van der Waals surface area (Å²) >= 11 is 12.0. The lowest BCUT2D eigenvalue weighted by atomic mass is 10.1. The number of carbonyl (C=O) groups is 2. The number of aryl methyl sites for hydroxylation is 1. The van der Waals surface area contributed by atoms with Gasteiger partial charge in [0.25, 0.3) is 0 Å². The smallest absolute Gasteiger partial charge is 0.326 e. The maximum Gasteiger partial charge on any atom is 0.326 e. The number of halogens is 2. The van der Waals surface area contributed by atoms with E-state index in [2.05, 4.69) is 10.3 Å². The van der Waals surface area contributed by atoms with Crippen LogP contribution in [0.5, 0.6) is 0 Å². The number of benzene rings is 1. The van der Waals surface area contributed by atoms with Crippen molar-refractivity contribution in [2.24, 2.45) is 5.92 Å². The van der Waals surface area contributed by atoms with Gasteiger partial charge in [0.15, 0.2) is 11.7 Å². The molecule has 0 bridgehead atoms. The van der Waals surface area contributed by atoms with Crippen molar-refractivity contribution in [2.75, 3.05) is 0 Å². The molecule has 1 heterocycles. The van der Waals surface area contributed by atoms with Crippen LogP contribution in [0.2, 0.25) is 10.0 Å². The fourth-order valence-electron chi connectivity index (χ4n) is 2.52. The lowest BCUT2D eigenvalue weighted by Gasteiger charge is -2.12. The van der Waals surface area contributed by atoms with Gasteiger partial charge in [-0.2, -0.15) is 0 Å². The van der Waals surface area contributed by atoms with Gasteiger partial charge in [0, 0.05) is 23.4 Å². The van der Waals surface area contributed by atoms with Crippen LogP contribution in [0.25, 0.3) is 11.3 Å². The molecule has 1 saturated carbocycles. The van der Waals surface area contributed by atoms with E-state index in [9.17, 15) is 9.59 Å². The molecule has 8 heteroatoms. The number of carboxylic acid groups (broad SMARTS) is 1. The van der Waals surface area contributed by atoms with E-state index in [0.29, 0.717) is 27.3 Å². The number of nitrogens with one attached hydrogen (secondary N) is 1. The number of oxazole rings is 1. The fourth-order valence-corrected chi connectivity index (χ4v) is 3.02. The first-order chi connectivity index (χ1) is 11.9. The van der Waals surface area contributed by atoms with Gasteiger partial charge in [0.1, 0.15) is 6.04 Å². The number of carbonyl (C=O) groups excluding carboxylic acids is 1. The Morgan fingerprint density at radius 3 is 2.76 bits per heavy atom. The van der Waals surface area contributed by atoms with Gasteiger partial charge in [0.05, 0.1) is 11.2 Å². The average molecular weight is 383 g/mol. The number of rotatable bonds is 7. The molecule has 1 aliphatic carbocycles. The highest BCUT2D eigenvalue weighted by atomic mass is 35.5. The summed E-state index contributed by atoms with van der Waals surface area (Å²) in [5, 5.41) is 12.7. The Labute approximate surface area is 154 Å². The van der Waals surface area contributed by atoms with Gasteiger partial charge >= 0.3 is 5.97 Å². The van der Waals surface area contributed by atoms with E-state index in [1.165, 1.54) is 6.20 Å². The molecule has 1 aromatic heterocycles. The average Bonchev–Trinajstić information content (AvgIpc) is 3.28. The van der Waals surface area contributed by atoms with E-state index in [-0.39, 0.29) is 24.7 Å². The Morgan fingerprint density at radius 2 is 2.12 bits per heavy atom. The summed E-state index contributed by atoms with van der Waals surface area (Å²) in [5.41, 5.74) is 0.661. The van der Waals surface area contributed by atoms with Gasteiger partial charge in [-0.3, -0.25) is 4.79 Å². The molecule has 3 rings (SSSR count). The highest BCUT2D eigenvalue weighted by Crippen LogP contribution is 2.33. The first-order valence-corrected chi connectivity index (χ1v) is 8.62. The van der Waals surface area contributed by atoms with Crippen molar-refractivity contribution in [2.45, 2.75) is 31.7 Å². The Bertz CT molecular complexity index is 802. The third kappa shape index (κ3) is 4.52. The van der Waals surface area contributed by atoms with Crippen LogP contribution in [0.3, 0.4) is 0 Å². The van der Waals surface area contributed by atoms with Crippen LogP contribution in [0.15, 0.2) is 28.8 Å². The van der Waals surface area contributed by atoms with Crippen LogP contribution in [-0.4, -0.2) is 28.0 Å². The number of nitrogens with zero attached hydrogens (tertiary/aromatic N) is 1. The minimum atomic E-state index is -0.994. The summed E-state index contributed by atoms with van der Waals surface area (Å²) in [6.45, 7) is 0. The molecular weight excluding hydrogens is 367 g/mol. The summed E-state index contributed by atoms with van der Waals surface area (Å²) in [7, 11) is 0. The van der Waals surface area contributed by atoms with Crippen LogP contribution in [0.4, 0.5) is 0 Å². The lowest BCUT2D eigenvalue weighted by Crippen LogP contribution is -2.42. The molecule has 0 radical (unpaired) electrons. The molecule has 6 nitrogen and oxygen atoms in total. The molecule has 1 unspecified atom stereocenters. The predicted molar refractivity (Wildman–Crippen MR) is 92.6 cm³/mol. The largest absolute Gasteiger partial charge is 0.480 e. The maximum absolute atomic E-state index is 12.0. The van der Waals surface area contributed by atoms with E-state index in [1.807, 2.05) is 0 Å². The van der Waals surface area contributed by atoms with Crippen molar-refractivity contribution in [1.82, 2.24) is 10.3 Å². The second-order valence-corrected chi connectivity index (χ2v) is 6.81. The van der Waals surface area contributed by atoms with Crippen LogP contribution in [0, 0.1) is 5.92 Å².